The summed E-state index contributed by atoms with van der Waals surface area (Å²) in [5.41, 5.74) is 1.67. The highest BCUT2D eigenvalue weighted by Gasteiger charge is 2.11. The van der Waals surface area contributed by atoms with E-state index in [0.717, 1.165) is 16.5 Å². The van der Waals surface area contributed by atoms with Crippen LogP contribution in [0, 0.1) is 5.82 Å². The fourth-order valence-electron chi connectivity index (χ4n) is 2.73. The normalized spacial score (nSPS) is 11.3. The molecule has 0 aliphatic carbocycles. The van der Waals surface area contributed by atoms with E-state index < -0.39 is 0 Å². The highest BCUT2D eigenvalue weighted by molar-refractivity contribution is 5.92. The molecule has 4 rings (SSSR count). The van der Waals surface area contributed by atoms with Crippen LogP contribution in [0.25, 0.3) is 27.5 Å². The highest BCUT2D eigenvalue weighted by atomic mass is 19.1. The average molecular weight is 278 g/mol. The Hall–Kier alpha value is -2.88. The van der Waals surface area contributed by atoms with Gasteiger partial charge in [-0.25, -0.2) is 9.18 Å². The van der Waals surface area contributed by atoms with Crippen LogP contribution in [0.1, 0.15) is 0 Å². The fraction of sp³-hybridized carbons (Fsp3) is 0. The number of hydrogen-bond donors (Lipinski definition) is 1. The van der Waals surface area contributed by atoms with Crippen molar-refractivity contribution in [3.63, 3.8) is 0 Å². The van der Waals surface area contributed by atoms with E-state index in [2.05, 4.69) is 4.98 Å². The molecule has 0 unspecified atom stereocenters. The number of aromatic amines is 1. The first-order chi connectivity index (χ1) is 10.2. The molecule has 0 saturated heterocycles. The van der Waals surface area contributed by atoms with E-state index in [9.17, 15) is 9.18 Å². The summed E-state index contributed by atoms with van der Waals surface area (Å²) in [6, 6.07) is 18.0. The minimum Gasteiger partial charge on any atom is -0.305 e. The molecular formula is C17H11FN2O. The van der Waals surface area contributed by atoms with Gasteiger partial charge < -0.3 is 4.98 Å². The number of hydrogen-bond acceptors (Lipinski definition) is 1. The van der Waals surface area contributed by atoms with E-state index in [1.807, 2.05) is 42.5 Å². The summed E-state index contributed by atoms with van der Waals surface area (Å²) in [7, 11) is 0. The van der Waals surface area contributed by atoms with Gasteiger partial charge in [0.1, 0.15) is 5.82 Å². The van der Waals surface area contributed by atoms with Gasteiger partial charge in [0.2, 0.25) is 0 Å². The van der Waals surface area contributed by atoms with E-state index in [4.69, 9.17) is 0 Å². The van der Waals surface area contributed by atoms with E-state index in [1.54, 1.807) is 10.6 Å². The zero-order chi connectivity index (χ0) is 14.4. The molecule has 3 aromatic carbocycles. The molecule has 0 fully saturated rings. The molecule has 0 radical (unpaired) electrons. The van der Waals surface area contributed by atoms with Gasteiger partial charge in [-0.1, -0.05) is 36.4 Å². The first-order valence-corrected chi connectivity index (χ1v) is 6.62. The summed E-state index contributed by atoms with van der Waals surface area (Å²) in [4.78, 5) is 15.0. The number of nitrogens with one attached hydrogen (secondary N) is 1. The Labute approximate surface area is 119 Å². The molecule has 0 atom stereocenters. The van der Waals surface area contributed by atoms with E-state index in [0.29, 0.717) is 11.0 Å². The second kappa shape index (κ2) is 4.31. The van der Waals surface area contributed by atoms with Gasteiger partial charge in [-0.2, -0.15) is 0 Å². The zero-order valence-electron chi connectivity index (χ0n) is 11.0. The molecule has 3 nitrogen and oxygen atoms in total. The Morgan fingerprint density at radius 3 is 2.67 bits per heavy atom. The van der Waals surface area contributed by atoms with E-state index in [1.165, 1.54) is 12.1 Å². The van der Waals surface area contributed by atoms with Crippen molar-refractivity contribution >= 4 is 21.8 Å². The van der Waals surface area contributed by atoms with Crippen molar-refractivity contribution in [2.24, 2.45) is 0 Å². The number of benzene rings is 3. The SMILES string of the molecule is O=c1[nH]c2cc(F)ccc2n1-c1cccc2ccccc12. The van der Waals surface area contributed by atoms with Crippen LogP contribution in [-0.2, 0) is 0 Å². The van der Waals surface area contributed by atoms with Crippen molar-refractivity contribution in [2.45, 2.75) is 0 Å². The number of rotatable bonds is 1. The molecule has 0 amide bonds. The number of aromatic nitrogens is 2. The molecule has 1 N–H and O–H groups in total. The Morgan fingerprint density at radius 1 is 0.952 bits per heavy atom. The molecule has 0 bridgehead atoms. The van der Waals surface area contributed by atoms with Crippen LogP contribution in [0.3, 0.4) is 0 Å². The summed E-state index contributed by atoms with van der Waals surface area (Å²) in [6.07, 6.45) is 0. The summed E-state index contributed by atoms with van der Waals surface area (Å²) in [6.45, 7) is 0. The van der Waals surface area contributed by atoms with Crippen molar-refractivity contribution in [1.29, 1.82) is 0 Å². The lowest BCUT2D eigenvalue weighted by molar-refractivity contribution is 0.629. The van der Waals surface area contributed by atoms with Gasteiger partial charge in [0.05, 0.1) is 16.7 Å². The maximum Gasteiger partial charge on any atom is 0.331 e. The van der Waals surface area contributed by atoms with Gasteiger partial charge in [-0.15, -0.1) is 0 Å². The van der Waals surface area contributed by atoms with Gasteiger partial charge >= 0.3 is 5.69 Å². The fourth-order valence-corrected chi connectivity index (χ4v) is 2.73. The number of H-pyrrole nitrogens is 1. The summed E-state index contributed by atoms with van der Waals surface area (Å²) >= 11 is 0. The van der Waals surface area contributed by atoms with Crippen molar-refractivity contribution < 1.29 is 4.39 Å². The third-order valence-electron chi connectivity index (χ3n) is 3.65. The molecule has 4 aromatic rings. The lowest BCUT2D eigenvalue weighted by Gasteiger charge is -2.07. The lowest BCUT2D eigenvalue weighted by atomic mass is 10.1. The van der Waals surface area contributed by atoms with Gasteiger partial charge in [0.15, 0.2) is 0 Å². The molecule has 1 heterocycles. The Kier molecular flexibility index (Phi) is 2.44. The van der Waals surface area contributed by atoms with Gasteiger partial charge in [-0.3, -0.25) is 4.57 Å². The lowest BCUT2D eigenvalue weighted by Crippen LogP contribution is -2.14. The molecule has 0 saturated carbocycles. The van der Waals surface area contributed by atoms with Gasteiger partial charge in [0, 0.05) is 5.39 Å². The standard InChI is InChI=1S/C17H11FN2O/c18-12-8-9-16-14(10-12)19-17(21)20(16)15-7-3-5-11-4-1-2-6-13(11)15/h1-10H,(H,19,21). The van der Waals surface area contributed by atoms with Gasteiger partial charge in [-0.05, 0) is 29.7 Å². The monoisotopic (exact) mass is 278 g/mol. The summed E-state index contributed by atoms with van der Waals surface area (Å²) < 4.78 is 14.9. The number of fused-ring (bicyclic) bond motifs is 2. The maximum atomic E-state index is 13.3. The predicted molar refractivity (Wildman–Crippen MR) is 81.4 cm³/mol. The van der Waals surface area contributed by atoms with Crippen molar-refractivity contribution in [3.8, 4) is 5.69 Å². The zero-order valence-corrected chi connectivity index (χ0v) is 11.0. The molecule has 0 spiro atoms. The number of halogens is 1. The summed E-state index contributed by atoms with van der Waals surface area (Å²) in [5.74, 6) is -0.367. The van der Waals surface area contributed by atoms with Crippen LogP contribution in [0.2, 0.25) is 0 Å². The molecule has 1 aromatic heterocycles. The average Bonchev–Trinajstić information content (AvgIpc) is 2.81. The van der Waals surface area contributed by atoms with Crippen molar-refractivity contribution in [3.05, 3.63) is 77.0 Å². The third kappa shape index (κ3) is 1.76. The third-order valence-corrected chi connectivity index (χ3v) is 3.65. The predicted octanol–water partition coefficient (Wildman–Crippen LogP) is 3.61. The molecule has 102 valence electrons. The maximum absolute atomic E-state index is 13.3. The van der Waals surface area contributed by atoms with E-state index >= 15 is 0 Å². The smallest absolute Gasteiger partial charge is 0.305 e. The molecule has 0 aliphatic rings. The Bertz CT molecular complexity index is 1020. The van der Waals surface area contributed by atoms with Crippen LogP contribution >= 0.6 is 0 Å². The molecule has 4 heteroatoms. The van der Waals surface area contributed by atoms with Crippen molar-refractivity contribution in [1.82, 2.24) is 9.55 Å². The van der Waals surface area contributed by atoms with Gasteiger partial charge in [0.25, 0.3) is 0 Å². The first kappa shape index (κ1) is 11.9. The van der Waals surface area contributed by atoms with Crippen molar-refractivity contribution in [2.75, 3.05) is 0 Å². The molecule has 21 heavy (non-hydrogen) atoms. The van der Waals surface area contributed by atoms with Crippen LogP contribution in [0.4, 0.5) is 4.39 Å². The second-order valence-electron chi connectivity index (χ2n) is 4.93. The topological polar surface area (TPSA) is 37.8 Å². The Balaban J connectivity index is 2.14. The number of imidazole rings is 1. The highest BCUT2D eigenvalue weighted by Crippen LogP contribution is 2.24. The van der Waals surface area contributed by atoms with Crippen LogP contribution < -0.4 is 5.69 Å². The van der Waals surface area contributed by atoms with E-state index in [-0.39, 0.29) is 11.5 Å². The van der Waals surface area contributed by atoms with Crippen LogP contribution in [-0.4, -0.2) is 9.55 Å². The minimum atomic E-state index is -0.367. The quantitative estimate of drug-likeness (QED) is 0.567. The Morgan fingerprint density at radius 2 is 1.76 bits per heavy atom. The minimum absolute atomic E-state index is 0.271. The second-order valence-corrected chi connectivity index (χ2v) is 4.93. The number of nitrogens with zero attached hydrogens (tertiary/aromatic N) is 1. The summed E-state index contributed by atoms with van der Waals surface area (Å²) in [5, 5.41) is 2.03. The van der Waals surface area contributed by atoms with Crippen LogP contribution in [0.15, 0.2) is 65.5 Å². The molecular weight excluding hydrogens is 267 g/mol. The first-order valence-electron chi connectivity index (χ1n) is 6.62. The van der Waals surface area contributed by atoms with Crippen LogP contribution in [0.5, 0.6) is 0 Å². The molecule has 0 aliphatic heterocycles. The largest absolute Gasteiger partial charge is 0.331 e.